The van der Waals surface area contributed by atoms with Gasteiger partial charge >= 0.3 is 0 Å². The lowest BCUT2D eigenvalue weighted by atomic mass is 10.0. The fraction of sp³-hybridized carbons (Fsp3) is 0.917. The summed E-state index contributed by atoms with van der Waals surface area (Å²) in [6, 6.07) is 0.182. The summed E-state index contributed by atoms with van der Waals surface area (Å²) in [6.45, 7) is 11.4. The van der Waals surface area contributed by atoms with Gasteiger partial charge in [0.05, 0.1) is 19.3 Å². The summed E-state index contributed by atoms with van der Waals surface area (Å²) in [6.07, 6.45) is 0. The third kappa shape index (κ3) is 3.76. The normalized spacial score (nSPS) is 20.1. The van der Waals surface area contributed by atoms with Crippen LogP contribution in [-0.4, -0.2) is 49.2 Å². The molecular weight excluding hydrogens is 204 g/mol. The van der Waals surface area contributed by atoms with E-state index >= 15 is 0 Å². The van der Waals surface area contributed by atoms with Crippen molar-refractivity contribution < 1.29 is 9.53 Å². The number of hydrogen-bond acceptors (Lipinski definition) is 3. The van der Waals surface area contributed by atoms with Gasteiger partial charge in [-0.05, 0) is 19.8 Å². The minimum Gasteiger partial charge on any atom is -0.379 e. The number of nitrogens with one attached hydrogen (secondary N) is 1. The standard InChI is InChI=1S/C12H24N2O2/c1-9(2)11(12(15)13-10(3)4)14-5-7-16-8-6-14/h9-11H,5-8H2,1-4H3,(H,13,15)/t11-/m0/s1. The first kappa shape index (κ1) is 13.5. The van der Waals surface area contributed by atoms with Crippen molar-refractivity contribution in [3.8, 4) is 0 Å². The van der Waals surface area contributed by atoms with Gasteiger partial charge < -0.3 is 10.1 Å². The summed E-state index contributed by atoms with van der Waals surface area (Å²) in [7, 11) is 0. The molecule has 0 unspecified atom stereocenters. The van der Waals surface area contributed by atoms with Crippen molar-refractivity contribution >= 4 is 5.91 Å². The number of carbonyl (C=O) groups excluding carboxylic acids is 1. The first-order valence-electron chi connectivity index (χ1n) is 6.14. The van der Waals surface area contributed by atoms with E-state index in [1.165, 1.54) is 0 Å². The number of ether oxygens (including phenoxy) is 1. The van der Waals surface area contributed by atoms with Crippen molar-refractivity contribution in [3.05, 3.63) is 0 Å². The van der Waals surface area contributed by atoms with Crippen molar-refractivity contribution in [1.29, 1.82) is 0 Å². The van der Waals surface area contributed by atoms with Gasteiger partial charge in [-0.15, -0.1) is 0 Å². The predicted molar refractivity (Wildman–Crippen MR) is 64.3 cm³/mol. The highest BCUT2D eigenvalue weighted by molar-refractivity contribution is 5.82. The van der Waals surface area contributed by atoms with Crippen LogP contribution in [0.25, 0.3) is 0 Å². The maximum atomic E-state index is 12.1. The fourth-order valence-corrected chi connectivity index (χ4v) is 2.12. The monoisotopic (exact) mass is 228 g/mol. The van der Waals surface area contributed by atoms with E-state index in [-0.39, 0.29) is 18.0 Å². The zero-order valence-corrected chi connectivity index (χ0v) is 10.8. The molecule has 1 aliphatic heterocycles. The Morgan fingerprint density at radius 1 is 1.19 bits per heavy atom. The van der Waals surface area contributed by atoms with Crippen LogP contribution in [-0.2, 0) is 9.53 Å². The molecule has 0 aliphatic carbocycles. The Hall–Kier alpha value is -0.610. The molecular formula is C12H24N2O2. The van der Waals surface area contributed by atoms with E-state index < -0.39 is 0 Å². The van der Waals surface area contributed by atoms with Crippen LogP contribution in [0.4, 0.5) is 0 Å². The smallest absolute Gasteiger partial charge is 0.237 e. The second kappa shape index (κ2) is 6.21. The number of amides is 1. The molecule has 4 heteroatoms. The number of carbonyl (C=O) groups is 1. The number of nitrogens with zero attached hydrogens (tertiary/aromatic N) is 1. The summed E-state index contributed by atoms with van der Waals surface area (Å²) in [4.78, 5) is 14.3. The molecule has 0 aromatic heterocycles. The Bertz CT molecular complexity index is 223. The van der Waals surface area contributed by atoms with Gasteiger partial charge in [-0.3, -0.25) is 9.69 Å². The van der Waals surface area contributed by atoms with Crippen molar-refractivity contribution in [2.24, 2.45) is 5.92 Å². The van der Waals surface area contributed by atoms with Crippen molar-refractivity contribution in [2.75, 3.05) is 26.3 Å². The molecule has 1 rings (SSSR count). The Balaban J connectivity index is 2.61. The fourth-order valence-electron chi connectivity index (χ4n) is 2.12. The lowest BCUT2D eigenvalue weighted by Gasteiger charge is -2.36. The van der Waals surface area contributed by atoms with Gasteiger partial charge in [-0.25, -0.2) is 0 Å². The molecule has 0 aromatic rings. The molecule has 1 atom stereocenters. The van der Waals surface area contributed by atoms with Crippen LogP contribution in [0, 0.1) is 5.92 Å². The second-order valence-corrected chi connectivity index (χ2v) is 5.00. The van der Waals surface area contributed by atoms with Crippen molar-refractivity contribution in [1.82, 2.24) is 10.2 Å². The molecule has 94 valence electrons. The third-order valence-corrected chi connectivity index (χ3v) is 2.77. The van der Waals surface area contributed by atoms with Gasteiger partial charge in [-0.1, -0.05) is 13.8 Å². The first-order valence-corrected chi connectivity index (χ1v) is 6.14. The van der Waals surface area contributed by atoms with Crippen molar-refractivity contribution in [3.63, 3.8) is 0 Å². The van der Waals surface area contributed by atoms with Gasteiger partial charge in [0.1, 0.15) is 0 Å². The number of morpholine rings is 1. The van der Waals surface area contributed by atoms with E-state index in [2.05, 4.69) is 24.1 Å². The lowest BCUT2D eigenvalue weighted by molar-refractivity contribution is -0.130. The highest BCUT2D eigenvalue weighted by Gasteiger charge is 2.30. The summed E-state index contributed by atoms with van der Waals surface area (Å²) in [5, 5.41) is 3.00. The van der Waals surface area contributed by atoms with Crippen LogP contribution < -0.4 is 5.32 Å². The second-order valence-electron chi connectivity index (χ2n) is 5.00. The van der Waals surface area contributed by atoms with E-state index in [0.717, 1.165) is 26.3 Å². The number of rotatable bonds is 4. The minimum absolute atomic E-state index is 0.0219. The molecule has 16 heavy (non-hydrogen) atoms. The van der Waals surface area contributed by atoms with E-state index in [1.807, 2.05) is 13.8 Å². The van der Waals surface area contributed by atoms with Gasteiger partial charge in [-0.2, -0.15) is 0 Å². The molecule has 4 nitrogen and oxygen atoms in total. The Labute approximate surface area is 98.3 Å². The maximum Gasteiger partial charge on any atom is 0.237 e. The third-order valence-electron chi connectivity index (χ3n) is 2.77. The molecule has 1 N–H and O–H groups in total. The lowest BCUT2D eigenvalue weighted by Crippen LogP contribution is -2.54. The summed E-state index contributed by atoms with van der Waals surface area (Å²) in [5.74, 6) is 0.476. The molecule has 1 amide bonds. The first-order chi connectivity index (χ1) is 7.52. The summed E-state index contributed by atoms with van der Waals surface area (Å²) in [5.41, 5.74) is 0. The van der Waals surface area contributed by atoms with Crippen LogP contribution in [0.2, 0.25) is 0 Å². The van der Waals surface area contributed by atoms with Gasteiger partial charge in [0.2, 0.25) is 5.91 Å². The average molecular weight is 228 g/mol. The summed E-state index contributed by atoms with van der Waals surface area (Å²) >= 11 is 0. The van der Waals surface area contributed by atoms with Gasteiger partial charge in [0, 0.05) is 19.1 Å². The molecule has 1 heterocycles. The summed E-state index contributed by atoms with van der Waals surface area (Å²) < 4.78 is 5.32. The van der Waals surface area contributed by atoms with Gasteiger partial charge in [0.15, 0.2) is 0 Å². The van der Waals surface area contributed by atoms with Crippen LogP contribution in [0.1, 0.15) is 27.7 Å². The van der Waals surface area contributed by atoms with E-state index in [4.69, 9.17) is 4.74 Å². The Morgan fingerprint density at radius 2 is 1.75 bits per heavy atom. The highest BCUT2D eigenvalue weighted by Crippen LogP contribution is 2.13. The van der Waals surface area contributed by atoms with E-state index in [9.17, 15) is 4.79 Å². The minimum atomic E-state index is -0.0219. The SMILES string of the molecule is CC(C)NC(=O)[C@H](C(C)C)N1CCOCC1. The molecule has 1 fully saturated rings. The molecule has 0 spiro atoms. The molecule has 0 bridgehead atoms. The Morgan fingerprint density at radius 3 is 2.19 bits per heavy atom. The Kier molecular flexibility index (Phi) is 5.22. The van der Waals surface area contributed by atoms with Crippen LogP contribution in [0.3, 0.4) is 0 Å². The molecule has 0 saturated carbocycles. The van der Waals surface area contributed by atoms with Crippen LogP contribution >= 0.6 is 0 Å². The zero-order valence-electron chi connectivity index (χ0n) is 10.8. The zero-order chi connectivity index (χ0) is 12.1. The predicted octanol–water partition coefficient (Wildman–Crippen LogP) is 0.868. The maximum absolute atomic E-state index is 12.1. The largest absolute Gasteiger partial charge is 0.379 e. The number of hydrogen-bond donors (Lipinski definition) is 1. The topological polar surface area (TPSA) is 41.6 Å². The average Bonchev–Trinajstić information content (AvgIpc) is 2.17. The molecule has 0 radical (unpaired) electrons. The van der Waals surface area contributed by atoms with Gasteiger partial charge in [0.25, 0.3) is 0 Å². The molecule has 0 aromatic carbocycles. The molecule has 1 saturated heterocycles. The molecule has 1 aliphatic rings. The quantitative estimate of drug-likeness (QED) is 0.776. The van der Waals surface area contributed by atoms with E-state index in [0.29, 0.717) is 5.92 Å². The van der Waals surface area contributed by atoms with Crippen molar-refractivity contribution in [2.45, 2.75) is 39.8 Å². The van der Waals surface area contributed by atoms with E-state index in [1.54, 1.807) is 0 Å². The van der Waals surface area contributed by atoms with Crippen LogP contribution in [0.15, 0.2) is 0 Å². The highest BCUT2D eigenvalue weighted by atomic mass is 16.5. The van der Waals surface area contributed by atoms with Crippen LogP contribution in [0.5, 0.6) is 0 Å².